The lowest BCUT2D eigenvalue weighted by molar-refractivity contribution is -0.149. The highest BCUT2D eigenvalue weighted by Crippen LogP contribution is 2.35. The van der Waals surface area contributed by atoms with Gasteiger partial charge in [-0.1, -0.05) is 19.9 Å². The lowest BCUT2D eigenvalue weighted by atomic mass is 9.98. The molecule has 1 N–H and O–H groups in total. The van der Waals surface area contributed by atoms with Crippen molar-refractivity contribution in [3.8, 4) is 11.5 Å². The van der Waals surface area contributed by atoms with Crippen LogP contribution in [-0.2, 0) is 25.2 Å². The second-order valence-corrected chi connectivity index (χ2v) is 7.72. The molecule has 0 aromatic heterocycles. The number of amides is 1. The number of esters is 1. The first kappa shape index (κ1) is 27.0. The SMILES string of the molecule is COCCOc1ccc(C(F)(F)F)cc1NC(=O)COC(=O)COc1ccc(C(C)C)c(C)c1. The number of carbonyl (C=O) groups excluding carboxylic acids is 2. The lowest BCUT2D eigenvalue weighted by Gasteiger charge is -2.15. The van der Waals surface area contributed by atoms with Gasteiger partial charge in [0.1, 0.15) is 18.1 Å². The molecule has 2 aromatic rings. The second-order valence-electron chi connectivity index (χ2n) is 7.72. The maximum atomic E-state index is 13.1. The molecule has 10 heteroatoms. The van der Waals surface area contributed by atoms with Crippen molar-refractivity contribution in [2.45, 2.75) is 32.9 Å². The van der Waals surface area contributed by atoms with Crippen molar-refractivity contribution in [3.05, 3.63) is 53.1 Å². The molecule has 34 heavy (non-hydrogen) atoms. The standard InChI is InChI=1S/C24H28F3NO6/c1-15(2)19-7-6-18(11-16(19)3)33-14-23(30)34-13-22(29)28-20-12-17(24(25,26)27)5-8-21(20)32-10-9-31-4/h5-8,11-12,15H,9-10,13-14H2,1-4H3,(H,28,29). The van der Waals surface area contributed by atoms with Gasteiger partial charge in [0.15, 0.2) is 13.2 Å². The van der Waals surface area contributed by atoms with E-state index in [1.54, 1.807) is 12.1 Å². The van der Waals surface area contributed by atoms with Crippen molar-refractivity contribution >= 4 is 17.6 Å². The number of halogens is 3. The van der Waals surface area contributed by atoms with Crippen molar-refractivity contribution in [1.29, 1.82) is 0 Å². The first-order chi connectivity index (χ1) is 16.0. The third-order valence-electron chi connectivity index (χ3n) is 4.71. The van der Waals surface area contributed by atoms with E-state index in [0.29, 0.717) is 11.7 Å². The van der Waals surface area contributed by atoms with Crippen molar-refractivity contribution in [3.63, 3.8) is 0 Å². The Morgan fingerprint density at radius 1 is 1.00 bits per heavy atom. The normalized spacial score (nSPS) is 11.3. The largest absolute Gasteiger partial charge is 0.489 e. The fourth-order valence-corrected chi connectivity index (χ4v) is 3.07. The minimum absolute atomic E-state index is 0.0216. The number of anilines is 1. The van der Waals surface area contributed by atoms with E-state index in [1.165, 1.54) is 7.11 Å². The van der Waals surface area contributed by atoms with Gasteiger partial charge >= 0.3 is 12.1 Å². The highest BCUT2D eigenvalue weighted by molar-refractivity contribution is 5.94. The number of rotatable bonds is 11. The molecule has 2 rings (SSSR count). The van der Waals surface area contributed by atoms with Crippen LogP contribution in [0.25, 0.3) is 0 Å². The summed E-state index contributed by atoms with van der Waals surface area (Å²) < 4.78 is 59.6. The summed E-state index contributed by atoms with van der Waals surface area (Å²) in [5, 5.41) is 2.28. The smallest absolute Gasteiger partial charge is 0.416 e. The van der Waals surface area contributed by atoms with E-state index in [-0.39, 0.29) is 24.7 Å². The van der Waals surface area contributed by atoms with Crippen LogP contribution in [0.4, 0.5) is 18.9 Å². The summed E-state index contributed by atoms with van der Waals surface area (Å²) in [5.74, 6) is -0.790. The predicted molar refractivity (Wildman–Crippen MR) is 119 cm³/mol. The lowest BCUT2D eigenvalue weighted by Crippen LogP contribution is -2.24. The fraction of sp³-hybridized carbons (Fsp3) is 0.417. The number of carbonyl (C=O) groups is 2. The summed E-state index contributed by atoms with van der Waals surface area (Å²) in [6, 6.07) is 8.13. The van der Waals surface area contributed by atoms with Crippen LogP contribution in [0.2, 0.25) is 0 Å². The molecule has 0 aliphatic carbocycles. The quantitative estimate of drug-likeness (QED) is 0.368. The van der Waals surface area contributed by atoms with Gasteiger partial charge in [-0.3, -0.25) is 4.79 Å². The maximum absolute atomic E-state index is 13.1. The van der Waals surface area contributed by atoms with E-state index < -0.39 is 36.8 Å². The molecule has 186 valence electrons. The third kappa shape index (κ3) is 8.26. The first-order valence-corrected chi connectivity index (χ1v) is 10.5. The molecular weight excluding hydrogens is 455 g/mol. The Morgan fingerprint density at radius 2 is 1.74 bits per heavy atom. The molecule has 0 saturated heterocycles. The monoisotopic (exact) mass is 483 g/mol. The van der Waals surface area contributed by atoms with Crippen LogP contribution < -0.4 is 14.8 Å². The topological polar surface area (TPSA) is 83.1 Å². The van der Waals surface area contributed by atoms with Gasteiger partial charge in [0.2, 0.25) is 0 Å². The summed E-state index contributed by atoms with van der Waals surface area (Å²) in [4.78, 5) is 24.1. The highest BCUT2D eigenvalue weighted by atomic mass is 19.4. The Labute approximate surface area is 196 Å². The number of aryl methyl sites for hydroxylation is 1. The third-order valence-corrected chi connectivity index (χ3v) is 4.71. The van der Waals surface area contributed by atoms with Gasteiger partial charge in [0, 0.05) is 7.11 Å². The van der Waals surface area contributed by atoms with Crippen molar-refractivity contribution in [2.75, 3.05) is 38.9 Å². The molecule has 0 spiro atoms. The molecule has 2 aromatic carbocycles. The summed E-state index contributed by atoms with van der Waals surface area (Å²) >= 11 is 0. The van der Waals surface area contributed by atoms with Gasteiger partial charge in [-0.2, -0.15) is 13.2 Å². The summed E-state index contributed by atoms with van der Waals surface area (Å²) in [5.41, 5.74) is 1.01. The van der Waals surface area contributed by atoms with Gasteiger partial charge in [-0.15, -0.1) is 0 Å². The number of hydrogen-bond acceptors (Lipinski definition) is 6. The Balaban J connectivity index is 1.93. The van der Waals surface area contributed by atoms with E-state index in [1.807, 2.05) is 13.0 Å². The minimum Gasteiger partial charge on any atom is -0.489 e. The van der Waals surface area contributed by atoms with Crippen LogP contribution in [0, 0.1) is 6.92 Å². The number of ether oxygens (including phenoxy) is 4. The van der Waals surface area contributed by atoms with E-state index in [9.17, 15) is 22.8 Å². The fourth-order valence-electron chi connectivity index (χ4n) is 3.07. The summed E-state index contributed by atoms with van der Waals surface area (Å²) in [6.07, 6.45) is -4.61. The minimum atomic E-state index is -4.61. The molecule has 0 fully saturated rings. The highest BCUT2D eigenvalue weighted by Gasteiger charge is 2.31. The zero-order chi connectivity index (χ0) is 25.3. The number of benzene rings is 2. The molecule has 0 unspecified atom stereocenters. The Bertz CT molecular complexity index is 991. The van der Waals surface area contributed by atoms with Crippen LogP contribution in [0.1, 0.15) is 36.5 Å². The molecule has 0 bridgehead atoms. The number of hydrogen-bond donors (Lipinski definition) is 1. The molecule has 0 radical (unpaired) electrons. The first-order valence-electron chi connectivity index (χ1n) is 10.5. The van der Waals surface area contributed by atoms with E-state index in [0.717, 1.165) is 29.3 Å². The maximum Gasteiger partial charge on any atom is 0.416 e. The van der Waals surface area contributed by atoms with Crippen LogP contribution in [-0.4, -0.2) is 45.4 Å². The molecule has 0 aliphatic heterocycles. The molecule has 0 aliphatic rings. The van der Waals surface area contributed by atoms with Gasteiger partial charge in [0.05, 0.1) is 17.9 Å². The second kappa shape index (κ2) is 12.3. The van der Waals surface area contributed by atoms with Crippen LogP contribution >= 0.6 is 0 Å². The zero-order valence-corrected chi connectivity index (χ0v) is 19.5. The number of nitrogens with one attached hydrogen (secondary N) is 1. The average Bonchev–Trinajstić information content (AvgIpc) is 2.76. The Hall–Kier alpha value is -3.27. The van der Waals surface area contributed by atoms with Crippen LogP contribution in [0.5, 0.6) is 11.5 Å². The van der Waals surface area contributed by atoms with Crippen molar-refractivity contribution in [1.82, 2.24) is 0 Å². The van der Waals surface area contributed by atoms with Crippen LogP contribution in [0.15, 0.2) is 36.4 Å². The summed E-state index contributed by atoms with van der Waals surface area (Å²) in [7, 11) is 1.44. The summed E-state index contributed by atoms with van der Waals surface area (Å²) in [6.45, 7) is 5.20. The zero-order valence-electron chi connectivity index (χ0n) is 19.5. The van der Waals surface area contributed by atoms with E-state index in [2.05, 4.69) is 19.2 Å². The predicted octanol–water partition coefficient (Wildman–Crippen LogP) is 4.72. The van der Waals surface area contributed by atoms with Gasteiger partial charge in [0.25, 0.3) is 5.91 Å². The van der Waals surface area contributed by atoms with E-state index >= 15 is 0 Å². The van der Waals surface area contributed by atoms with Gasteiger partial charge < -0.3 is 24.3 Å². The molecule has 0 atom stereocenters. The molecule has 0 heterocycles. The van der Waals surface area contributed by atoms with Crippen molar-refractivity contribution < 1.29 is 41.7 Å². The van der Waals surface area contributed by atoms with Gasteiger partial charge in [-0.25, -0.2) is 4.79 Å². The number of alkyl halides is 3. The number of methoxy groups -OCH3 is 1. The Kier molecular flexibility index (Phi) is 9.73. The molecular formula is C24H28F3NO6. The molecule has 0 saturated carbocycles. The Morgan fingerprint density at radius 3 is 2.35 bits per heavy atom. The van der Waals surface area contributed by atoms with Crippen molar-refractivity contribution in [2.24, 2.45) is 0 Å². The van der Waals surface area contributed by atoms with Crippen LogP contribution in [0.3, 0.4) is 0 Å². The molecule has 1 amide bonds. The van der Waals surface area contributed by atoms with E-state index in [4.69, 9.17) is 18.9 Å². The van der Waals surface area contributed by atoms with Gasteiger partial charge in [-0.05, 0) is 54.3 Å². The molecule has 7 nitrogen and oxygen atoms in total. The average molecular weight is 483 g/mol.